The first-order valence-electron chi connectivity index (χ1n) is 9.80. The lowest BCUT2D eigenvalue weighted by Gasteiger charge is -2.32. The third-order valence-corrected chi connectivity index (χ3v) is 5.35. The Labute approximate surface area is 164 Å². The van der Waals surface area contributed by atoms with Crippen LogP contribution in [0.2, 0.25) is 0 Å². The largest absolute Gasteiger partial charge is 0.486 e. The second-order valence-corrected chi connectivity index (χ2v) is 7.42. The van der Waals surface area contributed by atoms with Crippen LogP contribution in [-0.2, 0) is 11.3 Å². The van der Waals surface area contributed by atoms with Crippen LogP contribution in [0.25, 0.3) is 0 Å². The lowest BCUT2D eigenvalue weighted by molar-refractivity contribution is -0.127. The minimum Gasteiger partial charge on any atom is -0.486 e. The predicted molar refractivity (Wildman–Crippen MR) is 104 cm³/mol. The van der Waals surface area contributed by atoms with Crippen LogP contribution in [-0.4, -0.2) is 43.2 Å². The zero-order valence-electron chi connectivity index (χ0n) is 15.8. The number of para-hydroxylation sites is 2. The molecule has 1 atom stereocenters. The van der Waals surface area contributed by atoms with Crippen molar-refractivity contribution >= 4 is 5.91 Å². The molecule has 0 unspecified atom stereocenters. The van der Waals surface area contributed by atoms with Crippen molar-refractivity contribution in [2.24, 2.45) is 5.92 Å². The van der Waals surface area contributed by atoms with E-state index in [2.05, 4.69) is 10.2 Å². The molecule has 0 spiro atoms. The summed E-state index contributed by atoms with van der Waals surface area (Å²) < 4.78 is 24.6. The third kappa shape index (κ3) is 4.62. The fraction of sp³-hybridized carbons (Fsp3) is 0.409. The zero-order chi connectivity index (χ0) is 19.3. The van der Waals surface area contributed by atoms with Gasteiger partial charge in [-0.25, -0.2) is 4.39 Å². The molecule has 28 heavy (non-hydrogen) atoms. The molecular formula is C22H25FN2O3. The predicted octanol–water partition coefficient (Wildman–Crippen LogP) is 2.99. The molecule has 6 heteroatoms. The average molecular weight is 384 g/mol. The SMILES string of the molecule is O=C(NC[C@H]1COc2ccccc2O1)C1CCN(Cc2ccc(F)cc2)CC1. The van der Waals surface area contributed by atoms with Gasteiger partial charge >= 0.3 is 0 Å². The molecule has 0 aromatic heterocycles. The van der Waals surface area contributed by atoms with Crippen LogP contribution < -0.4 is 14.8 Å². The van der Waals surface area contributed by atoms with Gasteiger partial charge in [0.1, 0.15) is 18.5 Å². The van der Waals surface area contributed by atoms with E-state index in [-0.39, 0.29) is 23.7 Å². The highest BCUT2D eigenvalue weighted by molar-refractivity contribution is 5.78. The number of nitrogens with zero attached hydrogens (tertiary/aromatic N) is 1. The van der Waals surface area contributed by atoms with Gasteiger partial charge in [0.05, 0.1) is 6.54 Å². The molecule has 2 aromatic carbocycles. The van der Waals surface area contributed by atoms with Crippen LogP contribution in [0.3, 0.4) is 0 Å². The molecule has 148 valence electrons. The Morgan fingerprint density at radius 1 is 1.07 bits per heavy atom. The molecule has 2 heterocycles. The van der Waals surface area contributed by atoms with E-state index < -0.39 is 0 Å². The Morgan fingerprint density at radius 3 is 2.54 bits per heavy atom. The fourth-order valence-electron chi connectivity index (χ4n) is 3.72. The number of hydrogen-bond acceptors (Lipinski definition) is 4. The molecule has 1 saturated heterocycles. The van der Waals surface area contributed by atoms with Crippen molar-refractivity contribution in [3.63, 3.8) is 0 Å². The number of rotatable bonds is 5. The molecule has 0 radical (unpaired) electrons. The first kappa shape index (κ1) is 18.7. The van der Waals surface area contributed by atoms with Crippen molar-refractivity contribution in [1.82, 2.24) is 10.2 Å². The highest BCUT2D eigenvalue weighted by Crippen LogP contribution is 2.30. The van der Waals surface area contributed by atoms with E-state index >= 15 is 0 Å². The van der Waals surface area contributed by atoms with Gasteiger partial charge in [-0.3, -0.25) is 9.69 Å². The van der Waals surface area contributed by atoms with Crippen molar-refractivity contribution < 1.29 is 18.7 Å². The second-order valence-electron chi connectivity index (χ2n) is 7.42. The topological polar surface area (TPSA) is 50.8 Å². The molecule has 2 aliphatic rings. The van der Waals surface area contributed by atoms with Gasteiger partial charge in [0, 0.05) is 12.5 Å². The Hall–Kier alpha value is -2.60. The smallest absolute Gasteiger partial charge is 0.223 e. The van der Waals surface area contributed by atoms with E-state index in [1.165, 1.54) is 12.1 Å². The van der Waals surface area contributed by atoms with E-state index in [1.807, 2.05) is 36.4 Å². The fourth-order valence-corrected chi connectivity index (χ4v) is 3.72. The minimum absolute atomic E-state index is 0.0289. The minimum atomic E-state index is -0.213. The Kier molecular flexibility index (Phi) is 5.76. The molecule has 1 amide bonds. The molecule has 0 saturated carbocycles. The van der Waals surface area contributed by atoms with Gasteiger partial charge < -0.3 is 14.8 Å². The number of amides is 1. The van der Waals surface area contributed by atoms with Gasteiger partial charge in [0.2, 0.25) is 5.91 Å². The number of carbonyl (C=O) groups is 1. The van der Waals surface area contributed by atoms with Crippen LogP contribution in [0, 0.1) is 11.7 Å². The lowest BCUT2D eigenvalue weighted by atomic mass is 9.95. The van der Waals surface area contributed by atoms with Gasteiger partial charge in [-0.05, 0) is 55.8 Å². The Balaban J connectivity index is 1.20. The highest BCUT2D eigenvalue weighted by atomic mass is 19.1. The number of benzene rings is 2. The molecule has 2 aliphatic heterocycles. The summed E-state index contributed by atoms with van der Waals surface area (Å²) in [5.41, 5.74) is 1.10. The van der Waals surface area contributed by atoms with Gasteiger partial charge in [-0.1, -0.05) is 24.3 Å². The molecular weight excluding hydrogens is 359 g/mol. The van der Waals surface area contributed by atoms with Crippen molar-refractivity contribution in [2.75, 3.05) is 26.2 Å². The van der Waals surface area contributed by atoms with Gasteiger partial charge in [0.15, 0.2) is 11.5 Å². The number of halogens is 1. The molecule has 4 rings (SSSR count). The Bertz CT molecular complexity index is 804. The second kappa shape index (κ2) is 8.61. The summed E-state index contributed by atoms with van der Waals surface area (Å²) in [5, 5.41) is 3.02. The molecule has 1 fully saturated rings. The number of piperidine rings is 1. The lowest BCUT2D eigenvalue weighted by Crippen LogP contribution is -2.45. The Morgan fingerprint density at radius 2 is 1.79 bits per heavy atom. The summed E-state index contributed by atoms with van der Waals surface area (Å²) in [6.07, 6.45) is 1.49. The molecule has 0 aliphatic carbocycles. The maximum Gasteiger partial charge on any atom is 0.223 e. The van der Waals surface area contributed by atoms with Crippen LogP contribution in [0.5, 0.6) is 11.5 Å². The quantitative estimate of drug-likeness (QED) is 0.861. The van der Waals surface area contributed by atoms with E-state index in [0.717, 1.165) is 49.5 Å². The average Bonchev–Trinajstić information content (AvgIpc) is 2.74. The first-order valence-corrected chi connectivity index (χ1v) is 9.80. The van der Waals surface area contributed by atoms with E-state index in [0.29, 0.717) is 13.2 Å². The van der Waals surface area contributed by atoms with Gasteiger partial charge in [-0.15, -0.1) is 0 Å². The molecule has 0 bridgehead atoms. The third-order valence-electron chi connectivity index (χ3n) is 5.35. The van der Waals surface area contributed by atoms with Crippen molar-refractivity contribution in [1.29, 1.82) is 0 Å². The standard InChI is InChI=1S/C22H25FN2O3/c23-18-7-5-16(6-8-18)14-25-11-9-17(10-12-25)22(26)24-13-19-15-27-20-3-1-2-4-21(20)28-19/h1-8,17,19H,9-15H2,(H,24,26)/t19-/m0/s1. The summed E-state index contributed by atoms with van der Waals surface area (Å²) in [6.45, 7) is 3.41. The van der Waals surface area contributed by atoms with E-state index in [9.17, 15) is 9.18 Å². The van der Waals surface area contributed by atoms with Gasteiger partial charge in [0.25, 0.3) is 0 Å². The number of likely N-dealkylation sites (tertiary alicyclic amines) is 1. The molecule has 1 N–H and O–H groups in total. The maximum atomic E-state index is 13.0. The van der Waals surface area contributed by atoms with Crippen molar-refractivity contribution in [3.05, 3.63) is 59.9 Å². The maximum absolute atomic E-state index is 13.0. The summed E-state index contributed by atoms with van der Waals surface area (Å²) in [6, 6.07) is 14.2. The summed E-state index contributed by atoms with van der Waals surface area (Å²) in [7, 11) is 0. The van der Waals surface area contributed by atoms with Crippen molar-refractivity contribution in [2.45, 2.75) is 25.5 Å². The number of carbonyl (C=O) groups excluding carboxylic acids is 1. The molecule has 2 aromatic rings. The van der Waals surface area contributed by atoms with E-state index in [1.54, 1.807) is 0 Å². The summed E-state index contributed by atoms with van der Waals surface area (Å²) in [4.78, 5) is 14.8. The zero-order valence-corrected chi connectivity index (χ0v) is 15.8. The van der Waals surface area contributed by atoms with Gasteiger partial charge in [-0.2, -0.15) is 0 Å². The van der Waals surface area contributed by atoms with Crippen LogP contribution in [0.15, 0.2) is 48.5 Å². The van der Waals surface area contributed by atoms with E-state index in [4.69, 9.17) is 9.47 Å². The summed E-state index contributed by atoms with van der Waals surface area (Å²) >= 11 is 0. The van der Waals surface area contributed by atoms with Crippen molar-refractivity contribution in [3.8, 4) is 11.5 Å². The number of ether oxygens (including phenoxy) is 2. The highest BCUT2D eigenvalue weighted by Gasteiger charge is 2.27. The van der Waals surface area contributed by atoms with Crippen LogP contribution in [0.4, 0.5) is 4.39 Å². The number of nitrogens with one attached hydrogen (secondary N) is 1. The number of hydrogen-bond donors (Lipinski definition) is 1. The van der Waals surface area contributed by atoms with Crippen LogP contribution in [0.1, 0.15) is 18.4 Å². The number of fused-ring (bicyclic) bond motifs is 1. The monoisotopic (exact) mass is 384 g/mol. The van der Waals surface area contributed by atoms with Crippen LogP contribution >= 0.6 is 0 Å². The summed E-state index contributed by atoms with van der Waals surface area (Å²) in [5.74, 6) is 1.38. The first-order chi connectivity index (χ1) is 13.7. The normalized spacial score (nSPS) is 20.0. The molecule has 5 nitrogen and oxygen atoms in total.